The molecule has 3 aromatic heterocycles. The monoisotopic (exact) mass is 504 g/mol. The number of fused-ring (bicyclic) bond motifs is 1. The first-order valence-corrected chi connectivity index (χ1v) is 10.9. The van der Waals surface area contributed by atoms with Crippen LogP contribution in [0.1, 0.15) is 16.9 Å². The average molecular weight is 505 g/mol. The summed E-state index contributed by atoms with van der Waals surface area (Å²) in [6.45, 7) is 4.01. The molecule has 5 rings (SSSR count). The van der Waals surface area contributed by atoms with Crippen molar-refractivity contribution in [2.75, 3.05) is 10.7 Å². The quantitative estimate of drug-likeness (QED) is 0.161. The lowest BCUT2D eigenvalue weighted by Crippen LogP contribution is -2.04. The van der Waals surface area contributed by atoms with E-state index in [2.05, 4.69) is 36.1 Å². The number of halogens is 1. The van der Waals surface area contributed by atoms with E-state index in [0.29, 0.717) is 22.9 Å². The Kier molecular flexibility index (Phi) is 6.00. The SMILES string of the molecule is Cc1cccc(Nc2nc3nonc3nc2NN=Cc2ccc(-c3ccc(Cl)c([N+](=O)[O-])c3)o2)c1C. The van der Waals surface area contributed by atoms with Crippen LogP contribution in [0, 0.1) is 24.0 Å². The fourth-order valence-corrected chi connectivity index (χ4v) is 3.54. The zero-order chi connectivity index (χ0) is 25.2. The Hall–Kier alpha value is -4.84. The van der Waals surface area contributed by atoms with Gasteiger partial charge in [0.2, 0.25) is 11.3 Å². The molecule has 5 aromatic rings. The first-order valence-electron chi connectivity index (χ1n) is 10.6. The van der Waals surface area contributed by atoms with E-state index in [1.807, 2.05) is 32.0 Å². The Morgan fingerprint density at radius 3 is 2.61 bits per heavy atom. The first-order chi connectivity index (χ1) is 17.4. The zero-order valence-electron chi connectivity index (χ0n) is 18.9. The van der Waals surface area contributed by atoms with E-state index in [1.54, 1.807) is 18.2 Å². The molecule has 0 amide bonds. The molecular weight excluding hydrogens is 488 g/mol. The molecule has 13 heteroatoms. The van der Waals surface area contributed by atoms with E-state index in [-0.39, 0.29) is 27.8 Å². The topological polar surface area (TPSA) is 157 Å². The molecule has 180 valence electrons. The van der Waals surface area contributed by atoms with Gasteiger partial charge in [-0.3, -0.25) is 15.5 Å². The molecule has 0 saturated carbocycles. The summed E-state index contributed by atoms with van der Waals surface area (Å²) in [6, 6.07) is 13.7. The summed E-state index contributed by atoms with van der Waals surface area (Å²) >= 11 is 5.89. The van der Waals surface area contributed by atoms with Crippen molar-refractivity contribution in [1.82, 2.24) is 20.3 Å². The number of aryl methyl sites for hydroxylation is 1. The molecule has 0 atom stereocenters. The predicted octanol–water partition coefficient (Wildman–Crippen LogP) is 5.64. The van der Waals surface area contributed by atoms with Gasteiger partial charge in [-0.2, -0.15) is 10.1 Å². The molecule has 0 aliphatic rings. The fraction of sp³-hybridized carbons (Fsp3) is 0.0870. The summed E-state index contributed by atoms with van der Waals surface area (Å²) in [7, 11) is 0. The van der Waals surface area contributed by atoms with Crippen LogP contribution in [0.3, 0.4) is 0 Å². The summed E-state index contributed by atoms with van der Waals surface area (Å²) in [5.41, 5.74) is 6.61. The third kappa shape index (κ3) is 4.57. The predicted molar refractivity (Wildman–Crippen MR) is 134 cm³/mol. The normalized spacial score (nSPS) is 11.3. The molecule has 2 aromatic carbocycles. The van der Waals surface area contributed by atoms with Crippen LogP contribution in [0.5, 0.6) is 0 Å². The molecule has 0 aliphatic heterocycles. The molecule has 0 saturated heterocycles. The summed E-state index contributed by atoms with van der Waals surface area (Å²) in [5, 5.41) is 26.1. The summed E-state index contributed by atoms with van der Waals surface area (Å²) < 4.78 is 10.5. The lowest BCUT2D eigenvalue weighted by atomic mass is 10.1. The second-order valence-electron chi connectivity index (χ2n) is 7.70. The Morgan fingerprint density at radius 2 is 1.83 bits per heavy atom. The highest BCUT2D eigenvalue weighted by Crippen LogP contribution is 2.31. The summed E-state index contributed by atoms with van der Waals surface area (Å²) in [4.78, 5) is 19.4. The van der Waals surface area contributed by atoms with Gasteiger partial charge in [0.15, 0.2) is 11.6 Å². The van der Waals surface area contributed by atoms with Crippen molar-refractivity contribution in [3.8, 4) is 11.3 Å². The smallest absolute Gasteiger partial charge is 0.288 e. The van der Waals surface area contributed by atoms with Crippen molar-refractivity contribution >= 4 is 52.1 Å². The lowest BCUT2D eigenvalue weighted by molar-refractivity contribution is -0.384. The Morgan fingerprint density at radius 1 is 1.06 bits per heavy atom. The number of hydrogen-bond donors (Lipinski definition) is 2. The van der Waals surface area contributed by atoms with E-state index >= 15 is 0 Å². The van der Waals surface area contributed by atoms with Crippen LogP contribution in [-0.2, 0) is 0 Å². The highest BCUT2D eigenvalue weighted by molar-refractivity contribution is 6.32. The number of hydrazone groups is 1. The molecule has 2 N–H and O–H groups in total. The van der Waals surface area contributed by atoms with Crippen LogP contribution in [0.2, 0.25) is 5.02 Å². The number of nitrogens with zero attached hydrogens (tertiary/aromatic N) is 6. The maximum atomic E-state index is 11.2. The standard InChI is InChI=1S/C23H17ClN8O4/c1-12-4-3-5-17(13(12)2)26-20-21(28-23-22(27-20)30-36-31-23)29-25-11-15-7-9-19(35-15)14-6-8-16(24)18(10-14)32(33)34/h3-11H,1-2H3,(H,26,27,30)(H,28,29,31). The van der Waals surface area contributed by atoms with Crippen molar-refractivity contribution in [3.63, 3.8) is 0 Å². The zero-order valence-corrected chi connectivity index (χ0v) is 19.6. The van der Waals surface area contributed by atoms with Crippen molar-refractivity contribution in [3.05, 3.63) is 80.6 Å². The third-order valence-corrected chi connectivity index (χ3v) is 5.71. The van der Waals surface area contributed by atoms with Crippen LogP contribution in [0.15, 0.2) is 62.7 Å². The van der Waals surface area contributed by atoms with Gasteiger partial charge in [0, 0.05) is 17.3 Å². The van der Waals surface area contributed by atoms with Gasteiger partial charge in [-0.1, -0.05) is 23.7 Å². The molecule has 12 nitrogen and oxygen atoms in total. The Bertz CT molecular complexity index is 1630. The van der Waals surface area contributed by atoms with E-state index in [1.165, 1.54) is 18.3 Å². The Balaban J connectivity index is 1.39. The van der Waals surface area contributed by atoms with E-state index in [0.717, 1.165) is 16.8 Å². The van der Waals surface area contributed by atoms with Gasteiger partial charge in [-0.25, -0.2) is 9.61 Å². The number of nitro groups is 1. The van der Waals surface area contributed by atoms with Crippen molar-refractivity contribution in [2.24, 2.45) is 5.10 Å². The average Bonchev–Trinajstić information content (AvgIpc) is 3.51. The highest BCUT2D eigenvalue weighted by Gasteiger charge is 2.16. The van der Waals surface area contributed by atoms with Crippen LogP contribution < -0.4 is 10.7 Å². The van der Waals surface area contributed by atoms with Gasteiger partial charge < -0.3 is 9.73 Å². The van der Waals surface area contributed by atoms with Crippen LogP contribution in [0.4, 0.5) is 23.0 Å². The van der Waals surface area contributed by atoms with Gasteiger partial charge >= 0.3 is 0 Å². The number of hydrogen-bond acceptors (Lipinski definition) is 11. The number of furan rings is 1. The third-order valence-electron chi connectivity index (χ3n) is 5.39. The minimum Gasteiger partial charge on any atom is -0.455 e. The highest BCUT2D eigenvalue weighted by atomic mass is 35.5. The number of rotatable bonds is 7. The fourth-order valence-electron chi connectivity index (χ4n) is 3.36. The van der Waals surface area contributed by atoms with Crippen LogP contribution in [-0.4, -0.2) is 31.4 Å². The summed E-state index contributed by atoms with van der Waals surface area (Å²) in [6.07, 6.45) is 1.43. The minimum atomic E-state index is -0.548. The molecule has 36 heavy (non-hydrogen) atoms. The second kappa shape index (κ2) is 9.43. The number of nitro benzene ring substituents is 1. The number of aromatic nitrogens is 4. The van der Waals surface area contributed by atoms with Crippen LogP contribution >= 0.6 is 11.6 Å². The first kappa shape index (κ1) is 22.9. The largest absolute Gasteiger partial charge is 0.455 e. The van der Waals surface area contributed by atoms with Gasteiger partial charge in [-0.05, 0) is 65.6 Å². The maximum absolute atomic E-state index is 11.2. The lowest BCUT2D eigenvalue weighted by Gasteiger charge is -2.12. The van der Waals surface area contributed by atoms with Crippen molar-refractivity contribution < 1.29 is 14.0 Å². The van der Waals surface area contributed by atoms with E-state index in [9.17, 15) is 10.1 Å². The van der Waals surface area contributed by atoms with Crippen molar-refractivity contribution in [2.45, 2.75) is 13.8 Å². The molecule has 3 heterocycles. The minimum absolute atomic E-state index is 0.0481. The van der Waals surface area contributed by atoms with Crippen LogP contribution in [0.25, 0.3) is 22.6 Å². The van der Waals surface area contributed by atoms with Gasteiger partial charge in [0.05, 0.1) is 11.1 Å². The molecular formula is C23H17ClN8O4. The van der Waals surface area contributed by atoms with Gasteiger partial charge in [0.1, 0.15) is 16.5 Å². The number of nitrogens with one attached hydrogen (secondary N) is 2. The maximum Gasteiger partial charge on any atom is 0.288 e. The number of benzene rings is 2. The molecule has 0 spiro atoms. The molecule has 0 fully saturated rings. The number of anilines is 3. The van der Waals surface area contributed by atoms with E-state index in [4.69, 9.17) is 20.6 Å². The summed E-state index contributed by atoms with van der Waals surface area (Å²) in [5.74, 6) is 1.48. The molecule has 0 radical (unpaired) electrons. The second-order valence-corrected chi connectivity index (χ2v) is 8.11. The molecule has 0 unspecified atom stereocenters. The molecule has 0 bridgehead atoms. The van der Waals surface area contributed by atoms with Gasteiger partial charge in [-0.15, -0.1) is 0 Å². The van der Waals surface area contributed by atoms with Gasteiger partial charge in [0.25, 0.3) is 5.69 Å². The molecule has 0 aliphatic carbocycles. The van der Waals surface area contributed by atoms with E-state index < -0.39 is 4.92 Å². The Labute approximate surface area is 208 Å². The van der Waals surface area contributed by atoms with Crippen molar-refractivity contribution in [1.29, 1.82) is 0 Å².